The third kappa shape index (κ3) is 3.05. The Hall–Kier alpha value is -0.850. The van der Waals surface area contributed by atoms with Gasteiger partial charge in [-0.25, -0.2) is 0 Å². The van der Waals surface area contributed by atoms with Gasteiger partial charge >= 0.3 is 0 Å². The predicted octanol–water partition coefficient (Wildman–Crippen LogP) is 3.90. The highest BCUT2D eigenvalue weighted by atomic mass is 16.1. The molecule has 1 atom stereocenters. The molecule has 0 heterocycles. The lowest BCUT2D eigenvalue weighted by molar-refractivity contribution is -0.114. The normalized spacial score (nSPS) is 21.2. The molecule has 0 aliphatic heterocycles. The fraction of sp³-hybridized carbons (Fsp3) is 0.643. The van der Waals surface area contributed by atoms with E-state index >= 15 is 0 Å². The van der Waals surface area contributed by atoms with E-state index in [0.29, 0.717) is 18.3 Å². The number of carbonyl (C=O) groups excluding carboxylic acids is 1. The van der Waals surface area contributed by atoms with Crippen LogP contribution in [0.15, 0.2) is 23.8 Å². The lowest BCUT2D eigenvalue weighted by Crippen LogP contribution is -2.09. The van der Waals surface area contributed by atoms with E-state index in [4.69, 9.17) is 0 Å². The van der Waals surface area contributed by atoms with Crippen LogP contribution in [0.4, 0.5) is 0 Å². The van der Waals surface area contributed by atoms with Crippen molar-refractivity contribution in [2.75, 3.05) is 0 Å². The van der Waals surface area contributed by atoms with Gasteiger partial charge in [-0.1, -0.05) is 31.6 Å². The van der Waals surface area contributed by atoms with Gasteiger partial charge in [-0.3, -0.25) is 4.79 Å². The first-order chi connectivity index (χ1) is 7.06. The van der Waals surface area contributed by atoms with Gasteiger partial charge in [0.15, 0.2) is 5.78 Å². The predicted molar refractivity (Wildman–Crippen MR) is 64.7 cm³/mol. The summed E-state index contributed by atoms with van der Waals surface area (Å²) in [6.07, 6.45) is 5.52. The second kappa shape index (κ2) is 5.29. The van der Waals surface area contributed by atoms with Crippen LogP contribution in [-0.4, -0.2) is 5.78 Å². The molecule has 0 saturated carbocycles. The van der Waals surface area contributed by atoms with Crippen LogP contribution in [0, 0.1) is 11.8 Å². The molecule has 0 saturated heterocycles. The molecule has 0 fully saturated rings. The first kappa shape index (κ1) is 12.2. The summed E-state index contributed by atoms with van der Waals surface area (Å²) in [5, 5.41) is 0. The van der Waals surface area contributed by atoms with Crippen LogP contribution in [0.2, 0.25) is 0 Å². The standard InChI is InChI=1S/C14H22O/c1-5-12(15)7-9-14-11(4)6-8-13(14)10(2)3/h5,10,13H,1,6-9H2,2-4H3. The lowest BCUT2D eigenvalue weighted by atomic mass is 9.86. The number of hydrogen-bond donors (Lipinski definition) is 0. The Labute approximate surface area is 93.3 Å². The second-order valence-corrected chi connectivity index (χ2v) is 4.87. The second-order valence-electron chi connectivity index (χ2n) is 4.87. The first-order valence-electron chi connectivity index (χ1n) is 5.90. The molecule has 0 aromatic carbocycles. The van der Waals surface area contributed by atoms with Crippen LogP contribution in [0.1, 0.15) is 46.5 Å². The van der Waals surface area contributed by atoms with Crippen molar-refractivity contribution in [3.63, 3.8) is 0 Å². The molecule has 1 aliphatic rings. The zero-order chi connectivity index (χ0) is 11.4. The van der Waals surface area contributed by atoms with Crippen LogP contribution in [-0.2, 0) is 4.79 Å². The minimum atomic E-state index is 0.171. The molecule has 1 aliphatic carbocycles. The zero-order valence-electron chi connectivity index (χ0n) is 10.2. The van der Waals surface area contributed by atoms with Gasteiger partial charge in [0.2, 0.25) is 0 Å². The van der Waals surface area contributed by atoms with Crippen molar-refractivity contribution in [1.82, 2.24) is 0 Å². The fourth-order valence-electron chi connectivity index (χ4n) is 2.52. The van der Waals surface area contributed by atoms with Gasteiger partial charge in [0, 0.05) is 6.42 Å². The molecule has 0 amide bonds. The van der Waals surface area contributed by atoms with Gasteiger partial charge in [0.25, 0.3) is 0 Å². The number of hydrogen-bond acceptors (Lipinski definition) is 1. The highest BCUT2D eigenvalue weighted by Crippen LogP contribution is 2.38. The average molecular weight is 206 g/mol. The monoisotopic (exact) mass is 206 g/mol. The summed E-state index contributed by atoms with van der Waals surface area (Å²) in [4.78, 5) is 11.2. The number of allylic oxidation sites excluding steroid dienone is 3. The van der Waals surface area contributed by atoms with Crippen molar-refractivity contribution < 1.29 is 4.79 Å². The van der Waals surface area contributed by atoms with Crippen LogP contribution in [0.5, 0.6) is 0 Å². The largest absolute Gasteiger partial charge is 0.295 e. The van der Waals surface area contributed by atoms with Crippen LogP contribution < -0.4 is 0 Å². The highest BCUT2D eigenvalue weighted by molar-refractivity contribution is 5.89. The van der Waals surface area contributed by atoms with Crippen LogP contribution >= 0.6 is 0 Å². The molecule has 15 heavy (non-hydrogen) atoms. The van der Waals surface area contributed by atoms with Gasteiger partial charge in [0.1, 0.15) is 0 Å². The van der Waals surface area contributed by atoms with Gasteiger partial charge in [-0.05, 0) is 44.1 Å². The first-order valence-corrected chi connectivity index (χ1v) is 5.90. The van der Waals surface area contributed by atoms with Crippen LogP contribution in [0.25, 0.3) is 0 Å². The summed E-state index contributed by atoms with van der Waals surface area (Å²) in [7, 11) is 0. The smallest absolute Gasteiger partial charge is 0.155 e. The Morgan fingerprint density at radius 3 is 2.80 bits per heavy atom. The van der Waals surface area contributed by atoms with E-state index < -0.39 is 0 Å². The molecular formula is C14H22O. The van der Waals surface area contributed by atoms with E-state index in [1.54, 1.807) is 5.57 Å². The minimum Gasteiger partial charge on any atom is -0.295 e. The third-order valence-electron chi connectivity index (χ3n) is 3.50. The van der Waals surface area contributed by atoms with E-state index in [9.17, 15) is 4.79 Å². The van der Waals surface area contributed by atoms with Crippen molar-refractivity contribution >= 4 is 5.78 Å². The molecule has 0 N–H and O–H groups in total. The third-order valence-corrected chi connectivity index (χ3v) is 3.50. The van der Waals surface area contributed by atoms with Gasteiger partial charge in [-0.15, -0.1) is 0 Å². The molecule has 0 aromatic heterocycles. The molecule has 84 valence electrons. The van der Waals surface area contributed by atoms with Crippen molar-refractivity contribution in [1.29, 1.82) is 0 Å². The molecule has 0 spiro atoms. The van der Waals surface area contributed by atoms with Crippen molar-refractivity contribution in [3.8, 4) is 0 Å². The minimum absolute atomic E-state index is 0.171. The van der Waals surface area contributed by atoms with Crippen LogP contribution in [0.3, 0.4) is 0 Å². The lowest BCUT2D eigenvalue weighted by Gasteiger charge is -2.19. The molecule has 0 bridgehead atoms. The number of carbonyl (C=O) groups is 1. The Balaban J connectivity index is 2.61. The van der Waals surface area contributed by atoms with E-state index in [2.05, 4.69) is 27.4 Å². The molecular weight excluding hydrogens is 184 g/mol. The Bertz CT molecular complexity index is 284. The van der Waals surface area contributed by atoms with Crippen molar-refractivity contribution in [2.45, 2.75) is 46.5 Å². The SMILES string of the molecule is C=CC(=O)CCC1=C(C)CCC1C(C)C. The summed E-state index contributed by atoms with van der Waals surface area (Å²) in [6, 6.07) is 0. The molecule has 0 radical (unpaired) electrons. The Morgan fingerprint density at radius 1 is 1.60 bits per heavy atom. The topological polar surface area (TPSA) is 17.1 Å². The average Bonchev–Trinajstić information content (AvgIpc) is 2.56. The van der Waals surface area contributed by atoms with Crippen molar-refractivity contribution in [3.05, 3.63) is 23.8 Å². The summed E-state index contributed by atoms with van der Waals surface area (Å²) in [5.74, 6) is 1.59. The molecule has 1 nitrogen and oxygen atoms in total. The summed E-state index contributed by atoms with van der Waals surface area (Å²) < 4.78 is 0. The molecule has 0 aromatic rings. The van der Waals surface area contributed by atoms with E-state index in [1.165, 1.54) is 24.5 Å². The Morgan fingerprint density at radius 2 is 2.27 bits per heavy atom. The van der Waals surface area contributed by atoms with Gasteiger partial charge in [0.05, 0.1) is 0 Å². The summed E-state index contributed by atoms with van der Waals surface area (Å²) in [6.45, 7) is 10.3. The molecule has 1 rings (SSSR count). The summed E-state index contributed by atoms with van der Waals surface area (Å²) >= 11 is 0. The van der Waals surface area contributed by atoms with Gasteiger partial charge < -0.3 is 0 Å². The zero-order valence-corrected chi connectivity index (χ0v) is 10.2. The fourth-order valence-corrected chi connectivity index (χ4v) is 2.52. The maximum absolute atomic E-state index is 11.2. The Kier molecular flexibility index (Phi) is 4.31. The molecule has 1 heteroatoms. The molecule has 1 unspecified atom stereocenters. The van der Waals surface area contributed by atoms with Crippen molar-refractivity contribution in [2.24, 2.45) is 11.8 Å². The van der Waals surface area contributed by atoms with E-state index in [1.807, 2.05) is 0 Å². The van der Waals surface area contributed by atoms with Gasteiger partial charge in [-0.2, -0.15) is 0 Å². The van der Waals surface area contributed by atoms with E-state index in [0.717, 1.165) is 6.42 Å². The number of rotatable bonds is 5. The quantitative estimate of drug-likeness (QED) is 0.492. The maximum atomic E-state index is 11.2. The summed E-state index contributed by atoms with van der Waals surface area (Å²) in [5.41, 5.74) is 3.06. The highest BCUT2D eigenvalue weighted by Gasteiger charge is 2.25. The maximum Gasteiger partial charge on any atom is 0.155 e. The number of ketones is 1. The van der Waals surface area contributed by atoms with E-state index in [-0.39, 0.29) is 5.78 Å².